The van der Waals surface area contributed by atoms with Crippen molar-refractivity contribution in [1.82, 2.24) is 9.97 Å². The molecule has 3 aromatic rings. The van der Waals surface area contributed by atoms with Crippen LogP contribution in [0.15, 0.2) is 36.7 Å². The molecule has 0 saturated heterocycles. The number of thiazole rings is 1. The van der Waals surface area contributed by atoms with Crippen molar-refractivity contribution in [1.29, 1.82) is 0 Å². The van der Waals surface area contributed by atoms with Crippen LogP contribution in [0.2, 0.25) is 0 Å². The summed E-state index contributed by atoms with van der Waals surface area (Å²) < 4.78 is 6.30. The van der Waals surface area contributed by atoms with E-state index in [1.165, 1.54) is 0 Å². The van der Waals surface area contributed by atoms with E-state index in [0.717, 1.165) is 32.1 Å². The normalized spacial score (nSPS) is 10.8. The van der Waals surface area contributed by atoms with Gasteiger partial charge in [-0.15, -0.1) is 11.3 Å². The Morgan fingerprint density at radius 3 is 2.95 bits per heavy atom. The minimum absolute atomic E-state index is 0.0143. The maximum absolute atomic E-state index is 9.14. The van der Waals surface area contributed by atoms with Gasteiger partial charge in [0.05, 0.1) is 23.9 Å². The zero-order chi connectivity index (χ0) is 13.2. The molecule has 0 radical (unpaired) electrons. The number of aliphatic hydroxyl groups is 1. The van der Waals surface area contributed by atoms with Crippen LogP contribution in [-0.2, 0) is 6.61 Å². The Hall–Kier alpha value is -1.98. The number of fused-ring (bicyclic) bond motifs is 1. The molecule has 0 amide bonds. The Bertz CT molecular complexity index is 724. The number of aromatic nitrogens is 2. The topological polar surface area (TPSA) is 55.2 Å². The van der Waals surface area contributed by atoms with Gasteiger partial charge >= 0.3 is 0 Å². The highest BCUT2D eigenvalue weighted by Crippen LogP contribution is 2.31. The van der Waals surface area contributed by atoms with Crippen molar-refractivity contribution in [2.75, 3.05) is 7.11 Å². The zero-order valence-corrected chi connectivity index (χ0v) is 11.1. The number of hydrogen-bond donors (Lipinski definition) is 1. The van der Waals surface area contributed by atoms with E-state index in [9.17, 15) is 0 Å². The predicted molar refractivity (Wildman–Crippen MR) is 75.3 cm³/mol. The van der Waals surface area contributed by atoms with Gasteiger partial charge in [0.25, 0.3) is 0 Å². The smallest absolute Gasteiger partial charge is 0.126 e. The number of hydrogen-bond acceptors (Lipinski definition) is 5. The van der Waals surface area contributed by atoms with E-state index in [-0.39, 0.29) is 6.61 Å². The number of ether oxygens (including phenoxy) is 1. The number of nitrogens with zero attached hydrogens (tertiary/aromatic N) is 2. The molecule has 0 aliphatic rings. The van der Waals surface area contributed by atoms with Crippen molar-refractivity contribution in [2.24, 2.45) is 0 Å². The fraction of sp³-hybridized carbons (Fsp3) is 0.143. The number of methoxy groups -OCH3 is 1. The molecule has 0 unspecified atom stereocenters. The fourth-order valence-electron chi connectivity index (χ4n) is 1.85. The summed E-state index contributed by atoms with van der Waals surface area (Å²) in [6.07, 6.45) is 3.41. The third-order valence-corrected chi connectivity index (χ3v) is 3.90. The van der Waals surface area contributed by atoms with Gasteiger partial charge in [-0.1, -0.05) is 0 Å². The number of benzene rings is 1. The minimum atomic E-state index is -0.0143. The van der Waals surface area contributed by atoms with Crippen molar-refractivity contribution in [3.63, 3.8) is 0 Å². The molecule has 2 aromatic heterocycles. The minimum Gasteiger partial charge on any atom is -0.497 e. The van der Waals surface area contributed by atoms with Crippen molar-refractivity contribution < 1.29 is 9.84 Å². The van der Waals surface area contributed by atoms with Crippen LogP contribution in [0.4, 0.5) is 0 Å². The van der Waals surface area contributed by atoms with E-state index >= 15 is 0 Å². The van der Waals surface area contributed by atoms with Crippen molar-refractivity contribution in [3.05, 3.63) is 42.2 Å². The first kappa shape index (κ1) is 12.1. The summed E-state index contributed by atoms with van der Waals surface area (Å²) in [5, 5.41) is 10.0. The lowest BCUT2D eigenvalue weighted by molar-refractivity contribution is 0.281. The lowest BCUT2D eigenvalue weighted by Gasteiger charge is -1.98. The number of aliphatic hydroxyl groups excluding tert-OH is 1. The van der Waals surface area contributed by atoms with Crippen LogP contribution in [0.1, 0.15) is 5.56 Å². The van der Waals surface area contributed by atoms with Crippen LogP contribution in [0.25, 0.3) is 20.8 Å². The Kier molecular flexibility index (Phi) is 3.15. The van der Waals surface area contributed by atoms with Crippen LogP contribution < -0.4 is 4.74 Å². The second kappa shape index (κ2) is 4.95. The fourth-order valence-corrected chi connectivity index (χ4v) is 2.78. The second-order valence-electron chi connectivity index (χ2n) is 4.09. The highest BCUT2D eigenvalue weighted by atomic mass is 32.1. The maximum atomic E-state index is 9.14. The molecule has 5 heteroatoms. The quantitative estimate of drug-likeness (QED) is 0.796. The summed E-state index contributed by atoms with van der Waals surface area (Å²) in [5.41, 5.74) is 2.62. The van der Waals surface area contributed by atoms with Gasteiger partial charge < -0.3 is 9.84 Å². The Morgan fingerprint density at radius 2 is 2.16 bits per heavy atom. The van der Waals surface area contributed by atoms with Crippen LogP contribution in [0, 0.1) is 0 Å². The molecule has 0 atom stereocenters. The lowest BCUT2D eigenvalue weighted by atomic mass is 10.2. The average molecular weight is 272 g/mol. The SMILES string of the molecule is COc1ccc2sc(-c3cncc(CO)c3)nc2c1. The molecule has 4 nitrogen and oxygen atoms in total. The van der Waals surface area contributed by atoms with E-state index in [1.54, 1.807) is 30.8 Å². The average Bonchev–Trinajstić information content (AvgIpc) is 2.90. The molecule has 0 bridgehead atoms. The summed E-state index contributed by atoms with van der Waals surface area (Å²) in [7, 11) is 1.64. The number of rotatable bonds is 3. The molecule has 0 aliphatic carbocycles. The first-order chi connectivity index (χ1) is 9.30. The molecular formula is C14H12N2O2S. The third-order valence-electron chi connectivity index (χ3n) is 2.82. The van der Waals surface area contributed by atoms with Crippen molar-refractivity contribution >= 4 is 21.6 Å². The molecule has 2 heterocycles. The van der Waals surface area contributed by atoms with E-state index in [4.69, 9.17) is 9.84 Å². The molecule has 3 rings (SSSR count). The maximum Gasteiger partial charge on any atom is 0.126 e. The van der Waals surface area contributed by atoms with Gasteiger partial charge in [-0.25, -0.2) is 4.98 Å². The van der Waals surface area contributed by atoms with Crippen LogP contribution in [0.5, 0.6) is 5.75 Å². The van der Waals surface area contributed by atoms with Gasteiger partial charge in [0.2, 0.25) is 0 Å². The Morgan fingerprint density at radius 1 is 1.26 bits per heavy atom. The zero-order valence-electron chi connectivity index (χ0n) is 10.3. The predicted octanol–water partition coefficient (Wildman–Crippen LogP) is 2.86. The van der Waals surface area contributed by atoms with E-state index < -0.39 is 0 Å². The molecule has 1 aromatic carbocycles. The molecule has 0 spiro atoms. The largest absolute Gasteiger partial charge is 0.497 e. The highest BCUT2D eigenvalue weighted by Gasteiger charge is 2.08. The molecule has 0 aliphatic heterocycles. The van der Waals surface area contributed by atoms with Gasteiger partial charge in [0.1, 0.15) is 10.8 Å². The standard InChI is InChI=1S/C14H12N2O2S/c1-18-11-2-3-13-12(5-11)16-14(19-13)10-4-9(8-17)6-15-7-10/h2-7,17H,8H2,1H3. The molecule has 0 saturated carbocycles. The van der Waals surface area contributed by atoms with Gasteiger partial charge in [-0.05, 0) is 23.8 Å². The van der Waals surface area contributed by atoms with Crippen LogP contribution in [-0.4, -0.2) is 22.2 Å². The Balaban J connectivity index is 2.09. The van der Waals surface area contributed by atoms with Gasteiger partial charge in [0.15, 0.2) is 0 Å². The summed E-state index contributed by atoms with van der Waals surface area (Å²) in [4.78, 5) is 8.70. The first-order valence-electron chi connectivity index (χ1n) is 5.80. The lowest BCUT2D eigenvalue weighted by Crippen LogP contribution is -1.86. The highest BCUT2D eigenvalue weighted by molar-refractivity contribution is 7.21. The van der Waals surface area contributed by atoms with E-state index in [1.807, 2.05) is 24.3 Å². The van der Waals surface area contributed by atoms with Gasteiger partial charge in [0, 0.05) is 24.0 Å². The second-order valence-corrected chi connectivity index (χ2v) is 5.12. The molecule has 0 fully saturated rings. The van der Waals surface area contributed by atoms with Crippen LogP contribution >= 0.6 is 11.3 Å². The summed E-state index contributed by atoms with van der Waals surface area (Å²) in [6, 6.07) is 7.74. The van der Waals surface area contributed by atoms with Gasteiger partial charge in [-0.2, -0.15) is 0 Å². The van der Waals surface area contributed by atoms with E-state index in [0.29, 0.717) is 0 Å². The molecule has 96 valence electrons. The summed E-state index contributed by atoms with van der Waals surface area (Å²) >= 11 is 1.60. The summed E-state index contributed by atoms with van der Waals surface area (Å²) in [6.45, 7) is -0.0143. The van der Waals surface area contributed by atoms with Crippen molar-refractivity contribution in [3.8, 4) is 16.3 Å². The van der Waals surface area contributed by atoms with Gasteiger partial charge in [-0.3, -0.25) is 4.98 Å². The Labute approximate surface area is 114 Å². The third kappa shape index (κ3) is 2.30. The first-order valence-corrected chi connectivity index (χ1v) is 6.61. The van der Waals surface area contributed by atoms with E-state index in [2.05, 4.69) is 9.97 Å². The van der Waals surface area contributed by atoms with Crippen molar-refractivity contribution in [2.45, 2.75) is 6.61 Å². The van der Waals surface area contributed by atoms with Crippen LogP contribution in [0.3, 0.4) is 0 Å². The molecule has 19 heavy (non-hydrogen) atoms. The number of pyridine rings is 1. The summed E-state index contributed by atoms with van der Waals surface area (Å²) in [5.74, 6) is 0.798. The molecule has 1 N–H and O–H groups in total. The monoisotopic (exact) mass is 272 g/mol. The molecular weight excluding hydrogens is 260 g/mol.